The number of fused-ring (bicyclic) bond motifs is 1. The summed E-state index contributed by atoms with van der Waals surface area (Å²) in [4.78, 5) is 11.6. The summed E-state index contributed by atoms with van der Waals surface area (Å²) >= 11 is 1.46. The van der Waals surface area contributed by atoms with E-state index in [1.54, 1.807) is 6.33 Å². The third-order valence-corrected chi connectivity index (χ3v) is 3.24. The molecule has 2 N–H and O–H groups in total. The molecular weight excluding hydrogens is 222 g/mol. The summed E-state index contributed by atoms with van der Waals surface area (Å²) in [5.41, 5.74) is 3.87. The van der Waals surface area contributed by atoms with Crippen molar-refractivity contribution in [3.8, 4) is 11.3 Å². The lowest BCUT2D eigenvalue weighted by molar-refractivity contribution is 0.281. The van der Waals surface area contributed by atoms with Gasteiger partial charge in [0, 0.05) is 10.9 Å². The highest BCUT2D eigenvalue weighted by Crippen LogP contribution is 2.24. The summed E-state index contributed by atoms with van der Waals surface area (Å²) in [6.07, 6.45) is 1.68. The van der Waals surface area contributed by atoms with Crippen LogP contribution in [0, 0.1) is 0 Å². The molecule has 80 valence electrons. The fraction of sp³-hybridized carbons (Fsp3) is 0.0909. The van der Waals surface area contributed by atoms with Crippen LogP contribution in [-0.2, 0) is 6.61 Å². The van der Waals surface area contributed by atoms with Crippen LogP contribution >= 0.6 is 11.3 Å². The molecule has 0 saturated carbocycles. The average Bonchev–Trinajstić information content (AvgIpc) is 2.96. The number of hydrogen-bond acceptors (Lipinski definition) is 4. The topological polar surface area (TPSA) is 61.8 Å². The van der Waals surface area contributed by atoms with Gasteiger partial charge in [0.15, 0.2) is 0 Å². The van der Waals surface area contributed by atoms with Gasteiger partial charge >= 0.3 is 0 Å². The molecule has 1 aromatic carbocycles. The summed E-state index contributed by atoms with van der Waals surface area (Å²) < 4.78 is 0. The van der Waals surface area contributed by atoms with Gasteiger partial charge < -0.3 is 10.1 Å². The predicted molar refractivity (Wildman–Crippen MR) is 63.1 cm³/mol. The van der Waals surface area contributed by atoms with Crippen LogP contribution in [0.2, 0.25) is 0 Å². The second kappa shape index (κ2) is 3.70. The Bertz CT molecular complexity index is 629. The van der Waals surface area contributed by atoms with Crippen LogP contribution in [0.5, 0.6) is 0 Å². The number of rotatable bonds is 2. The van der Waals surface area contributed by atoms with E-state index >= 15 is 0 Å². The fourth-order valence-corrected chi connectivity index (χ4v) is 2.27. The minimum absolute atomic E-state index is 0.00301. The number of aromatic nitrogens is 3. The predicted octanol–water partition coefficient (Wildman–Crippen LogP) is 2.18. The Hall–Kier alpha value is -1.72. The monoisotopic (exact) mass is 231 g/mol. The van der Waals surface area contributed by atoms with Crippen LogP contribution in [0.3, 0.4) is 0 Å². The van der Waals surface area contributed by atoms with Crippen LogP contribution in [0.25, 0.3) is 22.3 Å². The summed E-state index contributed by atoms with van der Waals surface area (Å²) in [6, 6.07) is 5.96. The van der Waals surface area contributed by atoms with Crippen LogP contribution in [0.15, 0.2) is 29.9 Å². The van der Waals surface area contributed by atoms with Gasteiger partial charge in [0.2, 0.25) is 0 Å². The van der Waals surface area contributed by atoms with E-state index in [0.29, 0.717) is 0 Å². The smallest absolute Gasteiger partial charge is 0.119 e. The number of imidazole rings is 1. The lowest BCUT2D eigenvalue weighted by atomic mass is 10.1. The lowest BCUT2D eigenvalue weighted by Crippen LogP contribution is -1.82. The van der Waals surface area contributed by atoms with E-state index in [9.17, 15) is 0 Å². The molecule has 0 saturated heterocycles. The zero-order valence-electron chi connectivity index (χ0n) is 8.34. The highest BCUT2D eigenvalue weighted by Gasteiger charge is 2.05. The highest BCUT2D eigenvalue weighted by molar-refractivity contribution is 7.09. The molecule has 5 heteroatoms. The largest absolute Gasteiger partial charge is 0.389 e. The third-order valence-electron chi connectivity index (χ3n) is 2.40. The number of aliphatic hydroxyl groups is 1. The van der Waals surface area contributed by atoms with Gasteiger partial charge in [0.1, 0.15) is 5.01 Å². The number of nitrogens with one attached hydrogen (secondary N) is 1. The molecule has 4 nitrogen and oxygen atoms in total. The molecule has 0 aliphatic carbocycles. The van der Waals surface area contributed by atoms with Gasteiger partial charge in [-0.05, 0) is 12.1 Å². The van der Waals surface area contributed by atoms with E-state index in [1.807, 2.05) is 23.6 Å². The molecule has 0 bridgehead atoms. The van der Waals surface area contributed by atoms with E-state index < -0.39 is 0 Å². The molecule has 2 aromatic heterocycles. The molecule has 0 aliphatic rings. The number of aromatic amines is 1. The molecule has 0 spiro atoms. The number of thiazole rings is 1. The first-order valence-electron chi connectivity index (χ1n) is 4.85. The molecular formula is C11H9N3OS. The Morgan fingerprint density at radius 3 is 3.12 bits per heavy atom. The number of nitrogens with zero attached hydrogens (tertiary/aromatic N) is 2. The van der Waals surface area contributed by atoms with E-state index in [-0.39, 0.29) is 6.61 Å². The Morgan fingerprint density at radius 2 is 2.31 bits per heavy atom. The van der Waals surface area contributed by atoms with E-state index in [1.165, 1.54) is 11.3 Å². The van der Waals surface area contributed by atoms with Crippen molar-refractivity contribution in [1.82, 2.24) is 15.0 Å². The number of benzene rings is 1. The quantitative estimate of drug-likeness (QED) is 0.710. The zero-order valence-corrected chi connectivity index (χ0v) is 9.16. The molecule has 3 aromatic rings. The summed E-state index contributed by atoms with van der Waals surface area (Å²) in [6.45, 7) is -0.00301. The van der Waals surface area contributed by atoms with Crippen LogP contribution < -0.4 is 0 Å². The van der Waals surface area contributed by atoms with Gasteiger partial charge in [-0.25, -0.2) is 9.97 Å². The van der Waals surface area contributed by atoms with Gasteiger partial charge in [-0.3, -0.25) is 0 Å². The van der Waals surface area contributed by atoms with E-state index in [0.717, 1.165) is 27.3 Å². The summed E-state index contributed by atoms with van der Waals surface area (Å²) in [7, 11) is 0. The first-order valence-corrected chi connectivity index (χ1v) is 5.73. The Kier molecular flexibility index (Phi) is 2.19. The number of H-pyrrole nitrogens is 1. The highest BCUT2D eigenvalue weighted by atomic mass is 32.1. The zero-order chi connectivity index (χ0) is 11.0. The first kappa shape index (κ1) is 9.50. The van der Waals surface area contributed by atoms with Crippen molar-refractivity contribution in [1.29, 1.82) is 0 Å². The second-order valence-corrected chi connectivity index (χ2v) is 4.36. The molecule has 0 unspecified atom stereocenters. The van der Waals surface area contributed by atoms with Gasteiger partial charge in [-0.2, -0.15) is 0 Å². The standard InChI is InChI=1S/C11H9N3OS/c15-4-11-14-10(5-16-11)7-1-2-8-9(3-7)13-6-12-8/h1-3,5-6,15H,4H2,(H,12,13). The summed E-state index contributed by atoms with van der Waals surface area (Å²) in [5.74, 6) is 0. The Morgan fingerprint density at radius 1 is 1.38 bits per heavy atom. The van der Waals surface area contributed by atoms with Crippen LogP contribution in [0.4, 0.5) is 0 Å². The molecule has 2 heterocycles. The van der Waals surface area contributed by atoms with Crippen molar-refractivity contribution in [2.75, 3.05) is 0 Å². The molecule has 16 heavy (non-hydrogen) atoms. The van der Waals surface area contributed by atoms with Crippen molar-refractivity contribution >= 4 is 22.4 Å². The van der Waals surface area contributed by atoms with Crippen LogP contribution in [0.1, 0.15) is 5.01 Å². The SMILES string of the molecule is OCc1nc(-c2ccc3nc[nH]c3c2)cs1. The summed E-state index contributed by atoms with van der Waals surface area (Å²) in [5, 5.41) is 11.7. The van der Waals surface area contributed by atoms with Gasteiger partial charge in [-0.15, -0.1) is 11.3 Å². The molecule has 3 rings (SSSR count). The van der Waals surface area contributed by atoms with E-state index in [4.69, 9.17) is 5.11 Å². The fourth-order valence-electron chi connectivity index (χ4n) is 1.61. The van der Waals surface area contributed by atoms with Crippen molar-refractivity contribution in [3.05, 3.63) is 34.9 Å². The van der Waals surface area contributed by atoms with Crippen molar-refractivity contribution in [2.24, 2.45) is 0 Å². The third kappa shape index (κ3) is 1.50. The molecule has 0 amide bonds. The van der Waals surface area contributed by atoms with Crippen LogP contribution in [-0.4, -0.2) is 20.1 Å². The van der Waals surface area contributed by atoms with E-state index in [2.05, 4.69) is 15.0 Å². The van der Waals surface area contributed by atoms with Crippen molar-refractivity contribution < 1.29 is 5.11 Å². The van der Waals surface area contributed by atoms with Gasteiger partial charge in [0.25, 0.3) is 0 Å². The number of hydrogen-bond donors (Lipinski definition) is 2. The Balaban J connectivity index is 2.10. The van der Waals surface area contributed by atoms with Gasteiger partial charge in [0.05, 0.1) is 29.7 Å². The normalized spacial score (nSPS) is 11.1. The minimum Gasteiger partial charge on any atom is -0.389 e. The lowest BCUT2D eigenvalue weighted by Gasteiger charge is -1.96. The minimum atomic E-state index is -0.00301. The molecule has 0 fully saturated rings. The average molecular weight is 231 g/mol. The van der Waals surface area contributed by atoms with Crippen molar-refractivity contribution in [3.63, 3.8) is 0 Å². The molecule has 0 atom stereocenters. The Labute approximate surface area is 95.6 Å². The number of aliphatic hydroxyl groups excluding tert-OH is 1. The second-order valence-electron chi connectivity index (χ2n) is 3.42. The maximum Gasteiger partial charge on any atom is 0.119 e. The molecule has 0 radical (unpaired) electrons. The maximum absolute atomic E-state index is 8.97. The maximum atomic E-state index is 8.97. The van der Waals surface area contributed by atoms with Crippen molar-refractivity contribution in [2.45, 2.75) is 6.61 Å². The van der Waals surface area contributed by atoms with Gasteiger partial charge in [-0.1, -0.05) is 6.07 Å². The molecule has 0 aliphatic heterocycles. The first-order chi connectivity index (χ1) is 7.86.